The first-order valence-electron chi connectivity index (χ1n) is 5.30. The maximum atomic E-state index is 5.42. The van der Waals surface area contributed by atoms with Crippen molar-refractivity contribution in [1.82, 2.24) is 4.98 Å². The van der Waals surface area contributed by atoms with Crippen molar-refractivity contribution in [1.29, 1.82) is 0 Å². The number of rotatable bonds is 2. The van der Waals surface area contributed by atoms with Crippen molar-refractivity contribution in [3.8, 4) is 0 Å². The number of nitrogens with zero attached hydrogens (tertiary/aromatic N) is 1. The zero-order chi connectivity index (χ0) is 10.5. The van der Waals surface area contributed by atoms with Crippen LogP contribution < -0.4 is 5.32 Å². The Kier molecular flexibility index (Phi) is 3.97. The Morgan fingerprint density at radius 2 is 2.27 bits per heavy atom. The van der Waals surface area contributed by atoms with Crippen molar-refractivity contribution in [2.24, 2.45) is 0 Å². The normalized spacial score (nSPS) is 22.1. The second kappa shape index (κ2) is 5.47. The standard InChI is InChI=1S/C11H15BrN2O/c12-11-4-3-10(8-13-11)14-9-2-1-6-15-7-5-9/h3-4,8-9,14H,1-2,5-7H2. The highest BCUT2D eigenvalue weighted by atomic mass is 79.9. The van der Waals surface area contributed by atoms with Gasteiger partial charge in [-0.3, -0.25) is 0 Å². The summed E-state index contributed by atoms with van der Waals surface area (Å²) < 4.78 is 6.29. The lowest BCUT2D eigenvalue weighted by molar-refractivity contribution is 0.144. The van der Waals surface area contributed by atoms with Gasteiger partial charge in [-0.2, -0.15) is 0 Å². The first kappa shape index (κ1) is 10.9. The fourth-order valence-corrected chi connectivity index (χ4v) is 1.98. The average Bonchev–Trinajstić information content (AvgIpc) is 2.50. The highest BCUT2D eigenvalue weighted by molar-refractivity contribution is 9.10. The lowest BCUT2D eigenvalue weighted by atomic mass is 10.1. The van der Waals surface area contributed by atoms with E-state index >= 15 is 0 Å². The fourth-order valence-electron chi connectivity index (χ4n) is 1.75. The molecule has 1 aromatic heterocycles. The Bertz CT molecular complexity index is 294. The molecule has 82 valence electrons. The van der Waals surface area contributed by atoms with Crippen molar-refractivity contribution in [3.63, 3.8) is 0 Å². The molecule has 2 heterocycles. The largest absolute Gasteiger partial charge is 0.381 e. The Morgan fingerprint density at radius 3 is 3.07 bits per heavy atom. The van der Waals surface area contributed by atoms with Crippen LogP contribution in [0.5, 0.6) is 0 Å². The van der Waals surface area contributed by atoms with Crippen molar-refractivity contribution >= 4 is 21.6 Å². The first-order chi connectivity index (χ1) is 7.34. The van der Waals surface area contributed by atoms with Crippen LogP contribution in [0.4, 0.5) is 5.69 Å². The van der Waals surface area contributed by atoms with Gasteiger partial charge >= 0.3 is 0 Å². The third kappa shape index (κ3) is 3.47. The van der Waals surface area contributed by atoms with Crippen LogP contribution in [0, 0.1) is 0 Å². The molecule has 1 atom stereocenters. The van der Waals surface area contributed by atoms with Crippen LogP contribution >= 0.6 is 15.9 Å². The van der Waals surface area contributed by atoms with Crippen molar-refractivity contribution < 1.29 is 4.74 Å². The van der Waals surface area contributed by atoms with E-state index in [1.807, 2.05) is 18.3 Å². The molecule has 0 spiro atoms. The van der Waals surface area contributed by atoms with E-state index in [1.54, 1.807) is 0 Å². The topological polar surface area (TPSA) is 34.1 Å². The summed E-state index contributed by atoms with van der Waals surface area (Å²) in [6, 6.07) is 4.52. The molecule has 1 aromatic rings. The maximum absolute atomic E-state index is 5.42. The van der Waals surface area contributed by atoms with Gasteiger partial charge in [-0.25, -0.2) is 4.98 Å². The summed E-state index contributed by atoms with van der Waals surface area (Å²) >= 11 is 3.32. The average molecular weight is 271 g/mol. The number of hydrogen-bond donors (Lipinski definition) is 1. The van der Waals surface area contributed by atoms with Gasteiger partial charge in [0, 0.05) is 19.3 Å². The Balaban J connectivity index is 1.92. The Morgan fingerprint density at radius 1 is 1.33 bits per heavy atom. The third-order valence-corrected chi connectivity index (χ3v) is 3.02. The Labute approximate surface area is 98.4 Å². The van der Waals surface area contributed by atoms with E-state index in [1.165, 1.54) is 6.42 Å². The minimum Gasteiger partial charge on any atom is -0.381 e. The molecule has 3 nitrogen and oxygen atoms in total. The van der Waals surface area contributed by atoms with E-state index < -0.39 is 0 Å². The minimum atomic E-state index is 0.524. The molecule has 15 heavy (non-hydrogen) atoms. The SMILES string of the molecule is Brc1ccc(NC2CCCOCC2)cn1. The van der Waals surface area contributed by atoms with Gasteiger partial charge in [-0.05, 0) is 47.3 Å². The molecule has 2 rings (SSSR count). The molecule has 0 saturated carbocycles. The molecule has 4 heteroatoms. The second-order valence-electron chi connectivity index (χ2n) is 3.75. The molecule has 0 amide bonds. The summed E-state index contributed by atoms with van der Waals surface area (Å²) in [5, 5.41) is 3.48. The number of pyridine rings is 1. The van der Waals surface area contributed by atoms with Gasteiger partial charge in [-0.1, -0.05) is 0 Å². The monoisotopic (exact) mass is 270 g/mol. The lowest BCUT2D eigenvalue weighted by Gasteiger charge is -2.16. The Hall–Kier alpha value is -0.610. The van der Waals surface area contributed by atoms with Crippen molar-refractivity contribution in [2.75, 3.05) is 18.5 Å². The van der Waals surface area contributed by atoms with Gasteiger partial charge in [0.15, 0.2) is 0 Å². The molecule has 0 radical (unpaired) electrons. The molecular weight excluding hydrogens is 256 g/mol. The first-order valence-corrected chi connectivity index (χ1v) is 6.10. The molecular formula is C11H15BrN2O. The molecule has 1 aliphatic rings. The van der Waals surface area contributed by atoms with Crippen molar-refractivity contribution in [3.05, 3.63) is 22.9 Å². The maximum Gasteiger partial charge on any atom is 0.106 e. The van der Waals surface area contributed by atoms with Gasteiger partial charge in [-0.15, -0.1) is 0 Å². The highest BCUT2D eigenvalue weighted by Gasteiger charge is 2.11. The smallest absolute Gasteiger partial charge is 0.106 e. The van der Waals surface area contributed by atoms with Crippen LogP contribution in [0.15, 0.2) is 22.9 Å². The van der Waals surface area contributed by atoms with Gasteiger partial charge in [0.05, 0.1) is 11.9 Å². The van der Waals surface area contributed by atoms with E-state index in [9.17, 15) is 0 Å². The zero-order valence-corrected chi connectivity index (χ0v) is 10.2. The number of anilines is 1. The van der Waals surface area contributed by atoms with Crippen LogP contribution in [0.1, 0.15) is 19.3 Å². The fraction of sp³-hybridized carbons (Fsp3) is 0.545. The highest BCUT2D eigenvalue weighted by Crippen LogP contribution is 2.16. The van der Waals surface area contributed by atoms with Crippen molar-refractivity contribution in [2.45, 2.75) is 25.3 Å². The molecule has 1 saturated heterocycles. The molecule has 0 bridgehead atoms. The van der Waals surface area contributed by atoms with Crippen LogP contribution in [-0.4, -0.2) is 24.2 Å². The van der Waals surface area contributed by atoms with Gasteiger partial charge in [0.1, 0.15) is 4.60 Å². The summed E-state index contributed by atoms with van der Waals surface area (Å²) in [7, 11) is 0. The molecule has 1 N–H and O–H groups in total. The number of ether oxygens (including phenoxy) is 1. The molecule has 0 aromatic carbocycles. The zero-order valence-electron chi connectivity index (χ0n) is 8.58. The van der Waals surface area contributed by atoms with E-state index in [-0.39, 0.29) is 0 Å². The predicted octanol–water partition coefficient (Wildman–Crippen LogP) is 2.83. The second-order valence-corrected chi connectivity index (χ2v) is 4.57. The van der Waals surface area contributed by atoms with Gasteiger partial charge in [0.2, 0.25) is 0 Å². The minimum absolute atomic E-state index is 0.524. The quantitative estimate of drug-likeness (QED) is 0.840. The third-order valence-electron chi connectivity index (χ3n) is 2.55. The number of hydrogen-bond acceptors (Lipinski definition) is 3. The summed E-state index contributed by atoms with van der Waals surface area (Å²) in [6.45, 7) is 1.76. The van der Waals surface area contributed by atoms with Crippen LogP contribution in [0.2, 0.25) is 0 Å². The van der Waals surface area contributed by atoms with E-state index in [4.69, 9.17) is 4.74 Å². The molecule has 1 aliphatic heterocycles. The van der Waals surface area contributed by atoms with Crippen LogP contribution in [0.25, 0.3) is 0 Å². The molecule has 0 aliphatic carbocycles. The number of halogens is 1. The predicted molar refractivity (Wildman–Crippen MR) is 64.0 cm³/mol. The molecule has 1 unspecified atom stereocenters. The van der Waals surface area contributed by atoms with E-state index in [2.05, 4.69) is 26.2 Å². The van der Waals surface area contributed by atoms with E-state index in [0.717, 1.165) is 36.3 Å². The summed E-state index contributed by atoms with van der Waals surface area (Å²) in [4.78, 5) is 4.19. The summed E-state index contributed by atoms with van der Waals surface area (Å²) in [6.07, 6.45) is 5.25. The van der Waals surface area contributed by atoms with Crippen LogP contribution in [-0.2, 0) is 4.74 Å². The lowest BCUT2D eigenvalue weighted by Crippen LogP contribution is -2.19. The molecule has 1 fully saturated rings. The van der Waals surface area contributed by atoms with Crippen LogP contribution in [0.3, 0.4) is 0 Å². The van der Waals surface area contributed by atoms with Gasteiger partial charge in [0.25, 0.3) is 0 Å². The summed E-state index contributed by atoms with van der Waals surface area (Å²) in [5.41, 5.74) is 1.09. The number of aromatic nitrogens is 1. The van der Waals surface area contributed by atoms with Gasteiger partial charge < -0.3 is 10.1 Å². The number of nitrogens with one attached hydrogen (secondary N) is 1. The summed E-state index contributed by atoms with van der Waals surface area (Å²) in [5.74, 6) is 0. The van der Waals surface area contributed by atoms with E-state index in [0.29, 0.717) is 6.04 Å².